The van der Waals surface area contributed by atoms with Crippen LogP contribution in [0.5, 0.6) is 0 Å². The third-order valence-corrected chi connectivity index (χ3v) is 3.04. The number of nitrogens with two attached hydrogens (primary N) is 1. The Labute approximate surface area is 107 Å². The van der Waals surface area contributed by atoms with Crippen LogP contribution in [0.2, 0.25) is 0 Å². The molecule has 0 fully saturated rings. The maximum absolute atomic E-state index is 13.5. The van der Waals surface area contributed by atoms with Gasteiger partial charge in [0.25, 0.3) is 0 Å². The van der Waals surface area contributed by atoms with Crippen LogP contribution in [0.15, 0.2) is 18.2 Å². The van der Waals surface area contributed by atoms with Gasteiger partial charge in [-0.3, -0.25) is 0 Å². The average molecular weight is 255 g/mol. The lowest BCUT2D eigenvalue weighted by Gasteiger charge is -2.23. The van der Waals surface area contributed by atoms with Gasteiger partial charge in [-0.2, -0.15) is 0 Å². The summed E-state index contributed by atoms with van der Waals surface area (Å²) in [6.45, 7) is 6.20. The van der Waals surface area contributed by atoms with E-state index in [0.717, 1.165) is 6.42 Å². The molecule has 2 N–H and O–H groups in total. The molecule has 0 saturated carbocycles. The van der Waals surface area contributed by atoms with E-state index in [1.165, 1.54) is 6.07 Å². The predicted molar refractivity (Wildman–Crippen MR) is 71.4 cm³/mol. The number of rotatable bonds is 5. The first-order valence-corrected chi connectivity index (χ1v) is 5.99. The molecule has 94 valence electrons. The minimum Gasteiger partial charge on any atom is -0.389 e. The van der Waals surface area contributed by atoms with Crippen LogP contribution in [0, 0.1) is 5.82 Å². The summed E-state index contributed by atoms with van der Waals surface area (Å²) in [5, 5.41) is 0. The fourth-order valence-electron chi connectivity index (χ4n) is 1.21. The van der Waals surface area contributed by atoms with E-state index in [0.29, 0.717) is 11.1 Å². The molecule has 0 aliphatic rings. The van der Waals surface area contributed by atoms with Crippen molar-refractivity contribution < 1.29 is 9.13 Å². The van der Waals surface area contributed by atoms with E-state index >= 15 is 0 Å². The fraction of sp³-hybridized carbons (Fsp3) is 0.462. The Morgan fingerprint density at radius 2 is 2.12 bits per heavy atom. The van der Waals surface area contributed by atoms with Crippen molar-refractivity contribution in [2.75, 3.05) is 0 Å². The maximum Gasteiger partial charge on any atom is 0.128 e. The SMILES string of the molecule is CCC(C)(C)OCc1cc(C(N)=S)ccc1F. The fourth-order valence-corrected chi connectivity index (χ4v) is 1.34. The molecule has 0 unspecified atom stereocenters. The molecule has 0 aliphatic heterocycles. The van der Waals surface area contributed by atoms with E-state index in [-0.39, 0.29) is 23.0 Å². The summed E-state index contributed by atoms with van der Waals surface area (Å²) in [5.74, 6) is -0.295. The number of hydrogen-bond acceptors (Lipinski definition) is 2. The molecule has 0 atom stereocenters. The highest BCUT2D eigenvalue weighted by molar-refractivity contribution is 7.80. The summed E-state index contributed by atoms with van der Waals surface area (Å²) in [4.78, 5) is 0.265. The molecule has 17 heavy (non-hydrogen) atoms. The minimum absolute atomic E-state index is 0.225. The molecular formula is C13H18FNOS. The molecule has 0 heterocycles. The largest absolute Gasteiger partial charge is 0.389 e. The Balaban J connectivity index is 2.83. The monoisotopic (exact) mass is 255 g/mol. The van der Waals surface area contributed by atoms with Gasteiger partial charge in [0.2, 0.25) is 0 Å². The summed E-state index contributed by atoms with van der Waals surface area (Å²) < 4.78 is 19.2. The van der Waals surface area contributed by atoms with Gasteiger partial charge in [-0.25, -0.2) is 4.39 Å². The summed E-state index contributed by atoms with van der Waals surface area (Å²) in [6.07, 6.45) is 0.865. The van der Waals surface area contributed by atoms with Crippen molar-refractivity contribution in [3.05, 3.63) is 35.1 Å². The Morgan fingerprint density at radius 1 is 1.47 bits per heavy atom. The van der Waals surface area contributed by atoms with Crippen LogP contribution in [0.3, 0.4) is 0 Å². The van der Waals surface area contributed by atoms with Crippen molar-refractivity contribution in [1.82, 2.24) is 0 Å². The Morgan fingerprint density at radius 3 is 2.65 bits per heavy atom. The lowest BCUT2D eigenvalue weighted by molar-refractivity contribution is -0.0326. The maximum atomic E-state index is 13.5. The predicted octanol–water partition coefficient (Wildman–Crippen LogP) is 3.17. The van der Waals surface area contributed by atoms with E-state index in [4.69, 9.17) is 22.7 Å². The van der Waals surface area contributed by atoms with E-state index in [1.807, 2.05) is 20.8 Å². The molecule has 1 aromatic rings. The van der Waals surface area contributed by atoms with Gasteiger partial charge in [0.1, 0.15) is 10.8 Å². The van der Waals surface area contributed by atoms with Crippen molar-refractivity contribution in [3.8, 4) is 0 Å². The van der Waals surface area contributed by atoms with Crippen molar-refractivity contribution in [2.24, 2.45) is 5.73 Å². The highest BCUT2D eigenvalue weighted by atomic mass is 32.1. The van der Waals surface area contributed by atoms with Gasteiger partial charge in [0.05, 0.1) is 12.2 Å². The quantitative estimate of drug-likeness (QED) is 0.821. The first-order chi connectivity index (χ1) is 7.85. The first kappa shape index (κ1) is 14.1. The summed E-state index contributed by atoms with van der Waals surface area (Å²) in [7, 11) is 0. The Hall–Kier alpha value is -1.00. The van der Waals surface area contributed by atoms with Crippen LogP contribution >= 0.6 is 12.2 Å². The molecule has 0 radical (unpaired) electrons. The normalized spacial score (nSPS) is 11.5. The van der Waals surface area contributed by atoms with E-state index in [2.05, 4.69) is 0 Å². The second-order valence-corrected chi connectivity index (χ2v) is 5.01. The first-order valence-electron chi connectivity index (χ1n) is 5.58. The Bertz CT molecular complexity index is 418. The Kier molecular flexibility index (Phi) is 4.60. The van der Waals surface area contributed by atoms with Gasteiger partial charge in [0.15, 0.2) is 0 Å². The van der Waals surface area contributed by atoms with Gasteiger partial charge in [-0.05, 0) is 38.5 Å². The summed E-state index contributed by atoms with van der Waals surface area (Å²) in [5.41, 5.74) is 6.40. The molecule has 0 saturated heterocycles. The van der Waals surface area contributed by atoms with Crippen LogP contribution in [-0.2, 0) is 11.3 Å². The second kappa shape index (κ2) is 5.56. The minimum atomic E-state index is -0.295. The lowest BCUT2D eigenvalue weighted by Crippen LogP contribution is -2.23. The van der Waals surface area contributed by atoms with Gasteiger partial charge in [-0.15, -0.1) is 0 Å². The topological polar surface area (TPSA) is 35.2 Å². The highest BCUT2D eigenvalue weighted by Crippen LogP contribution is 2.19. The van der Waals surface area contributed by atoms with E-state index < -0.39 is 0 Å². The highest BCUT2D eigenvalue weighted by Gasteiger charge is 2.16. The molecule has 2 nitrogen and oxygen atoms in total. The van der Waals surface area contributed by atoms with Gasteiger partial charge in [-0.1, -0.05) is 19.1 Å². The zero-order chi connectivity index (χ0) is 13.1. The lowest BCUT2D eigenvalue weighted by atomic mass is 10.1. The van der Waals surface area contributed by atoms with Crippen molar-refractivity contribution >= 4 is 17.2 Å². The molecule has 1 aromatic carbocycles. The molecule has 0 bridgehead atoms. The summed E-state index contributed by atoms with van der Waals surface area (Å²) in [6, 6.07) is 4.58. The van der Waals surface area contributed by atoms with Crippen molar-refractivity contribution in [3.63, 3.8) is 0 Å². The number of thiocarbonyl (C=S) groups is 1. The van der Waals surface area contributed by atoms with E-state index in [9.17, 15) is 4.39 Å². The van der Waals surface area contributed by atoms with Crippen LogP contribution < -0.4 is 5.73 Å². The number of hydrogen-bond donors (Lipinski definition) is 1. The molecule has 0 aromatic heterocycles. The third kappa shape index (κ3) is 4.06. The molecular weight excluding hydrogens is 237 g/mol. The van der Waals surface area contributed by atoms with Crippen LogP contribution in [0.25, 0.3) is 0 Å². The average Bonchev–Trinajstić information content (AvgIpc) is 2.27. The van der Waals surface area contributed by atoms with Gasteiger partial charge >= 0.3 is 0 Å². The number of ether oxygens (including phenoxy) is 1. The van der Waals surface area contributed by atoms with Crippen molar-refractivity contribution in [1.29, 1.82) is 0 Å². The zero-order valence-corrected chi connectivity index (χ0v) is 11.2. The molecule has 4 heteroatoms. The molecule has 1 rings (SSSR count). The van der Waals surface area contributed by atoms with Gasteiger partial charge < -0.3 is 10.5 Å². The smallest absolute Gasteiger partial charge is 0.128 e. The second-order valence-electron chi connectivity index (χ2n) is 4.57. The standard InChI is InChI=1S/C13H18FNOS/c1-4-13(2,3)16-8-10-7-9(12(15)17)5-6-11(10)14/h5-7H,4,8H2,1-3H3,(H2,15,17). The molecule has 0 amide bonds. The zero-order valence-electron chi connectivity index (χ0n) is 10.4. The molecule has 0 aliphatic carbocycles. The number of benzene rings is 1. The van der Waals surface area contributed by atoms with Crippen LogP contribution in [-0.4, -0.2) is 10.6 Å². The van der Waals surface area contributed by atoms with E-state index in [1.54, 1.807) is 12.1 Å². The van der Waals surface area contributed by atoms with Gasteiger partial charge in [0, 0.05) is 11.1 Å². The summed E-state index contributed by atoms with van der Waals surface area (Å²) >= 11 is 4.86. The number of halogens is 1. The third-order valence-electron chi connectivity index (χ3n) is 2.80. The van der Waals surface area contributed by atoms with Crippen LogP contribution in [0.4, 0.5) is 4.39 Å². The molecule has 0 spiro atoms. The van der Waals surface area contributed by atoms with Crippen molar-refractivity contribution in [2.45, 2.75) is 39.4 Å². The van der Waals surface area contributed by atoms with Crippen LogP contribution in [0.1, 0.15) is 38.3 Å².